The van der Waals surface area contributed by atoms with Crippen molar-refractivity contribution in [1.29, 1.82) is 0 Å². The monoisotopic (exact) mass is 210 g/mol. The van der Waals surface area contributed by atoms with Crippen LogP contribution < -0.4 is 0 Å². The van der Waals surface area contributed by atoms with Crippen LogP contribution in [0.15, 0.2) is 6.07 Å². The van der Waals surface area contributed by atoms with Crippen LogP contribution in [-0.2, 0) is 22.4 Å². The van der Waals surface area contributed by atoms with E-state index in [1.165, 1.54) is 0 Å². The molecule has 15 heavy (non-hydrogen) atoms. The molecule has 0 saturated carbocycles. The summed E-state index contributed by atoms with van der Waals surface area (Å²) in [5, 5.41) is 4.17. The lowest BCUT2D eigenvalue weighted by molar-refractivity contribution is 0.0516. The van der Waals surface area contributed by atoms with Crippen LogP contribution in [0.4, 0.5) is 0 Å². The van der Waals surface area contributed by atoms with E-state index >= 15 is 0 Å². The van der Waals surface area contributed by atoms with Gasteiger partial charge < -0.3 is 9.47 Å². The zero-order valence-electron chi connectivity index (χ0n) is 8.90. The first-order valence-electron chi connectivity index (χ1n) is 5.01. The first-order chi connectivity index (χ1) is 7.24. The predicted octanol–water partition coefficient (Wildman–Crippen LogP) is 0.631. The van der Waals surface area contributed by atoms with Gasteiger partial charge in [0.2, 0.25) is 0 Å². The maximum Gasteiger partial charge on any atom is 0.358 e. The van der Waals surface area contributed by atoms with Gasteiger partial charge in [-0.25, -0.2) is 4.79 Å². The molecular weight excluding hydrogens is 196 g/mol. The predicted molar refractivity (Wildman–Crippen MR) is 52.7 cm³/mol. The van der Waals surface area contributed by atoms with Crippen LogP contribution in [0.25, 0.3) is 0 Å². The summed E-state index contributed by atoms with van der Waals surface area (Å²) in [5.41, 5.74) is 1.42. The average molecular weight is 210 g/mol. The van der Waals surface area contributed by atoms with E-state index in [1.807, 2.05) is 0 Å². The summed E-state index contributed by atoms with van der Waals surface area (Å²) in [6.45, 7) is 2.87. The highest BCUT2D eigenvalue weighted by Gasteiger charge is 2.25. The lowest BCUT2D eigenvalue weighted by Crippen LogP contribution is -2.14. The Morgan fingerprint density at radius 1 is 1.73 bits per heavy atom. The van der Waals surface area contributed by atoms with Crippen LogP contribution in [0.2, 0.25) is 0 Å². The van der Waals surface area contributed by atoms with Crippen LogP contribution in [0.5, 0.6) is 0 Å². The second-order valence-corrected chi connectivity index (χ2v) is 3.49. The third kappa shape index (κ3) is 1.87. The Morgan fingerprint density at radius 3 is 3.13 bits per heavy atom. The van der Waals surface area contributed by atoms with Gasteiger partial charge in [0, 0.05) is 19.2 Å². The van der Waals surface area contributed by atoms with Gasteiger partial charge in [-0.3, -0.25) is 4.68 Å². The van der Waals surface area contributed by atoms with Crippen molar-refractivity contribution in [3.8, 4) is 0 Å². The Labute approximate surface area is 88.0 Å². The fraction of sp³-hybridized carbons (Fsp3) is 0.600. The molecule has 0 unspecified atom stereocenters. The third-order valence-corrected chi connectivity index (χ3v) is 2.49. The van der Waals surface area contributed by atoms with Gasteiger partial charge in [0.05, 0.1) is 19.3 Å². The summed E-state index contributed by atoms with van der Waals surface area (Å²) < 4.78 is 11.9. The molecule has 0 N–H and O–H groups in total. The summed E-state index contributed by atoms with van der Waals surface area (Å²) >= 11 is 0. The molecule has 0 radical (unpaired) electrons. The van der Waals surface area contributed by atoms with Crippen LogP contribution in [0.1, 0.15) is 23.1 Å². The van der Waals surface area contributed by atoms with Gasteiger partial charge >= 0.3 is 5.97 Å². The van der Waals surface area contributed by atoms with Crippen LogP contribution in [0.3, 0.4) is 0 Å². The number of carbonyl (C=O) groups is 1. The molecule has 0 fully saturated rings. The molecule has 1 aliphatic heterocycles. The number of rotatable bonds is 3. The van der Waals surface area contributed by atoms with Gasteiger partial charge in [-0.05, 0) is 13.0 Å². The van der Waals surface area contributed by atoms with Gasteiger partial charge in [0.1, 0.15) is 0 Å². The normalized spacial score (nSPS) is 18.9. The molecule has 2 heterocycles. The fourth-order valence-corrected chi connectivity index (χ4v) is 1.73. The van der Waals surface area contributed by atoms with Crippen molar-refractivity contribution >= 4 is 5.97 Å². The van der Waals surface area contributed by atoms with Crippen molar-refractivity contribution in [1.82, 2.24) is 9.78 Å². The Bertz CT molecular complexity index is 349. The van der Waals surface area contributed by atoms with E-state index in [-0.39, 0.29) is 12.1 Å². The molecule has 0 aromatic carbocycles. The highest BCUT2D eigenvalue weighted by Crippen LogP contribution is 2.18. The number of fused-ring (bicyclic) bond motifs is 1. The molecule has 1 aliphatic rings. The molecular formula is C10H14N2O3. The van der Waals surface area contributed by atoms with E-state index in [0.717, 1.165) is 12.1 Å². The molecule has 0 bridgehead atoms. The van der Waals surface area contributed by atoms with Crippen molar-refractivity contribution in [2.75, 3.05) is 13.7 Å². The van der Waals surface area contributed by atoms with Crippen molar-refractivity contribution in [3.05, 3.63) is 17.5 Å². The van der Waals surface area contributed by atoms with Crippen molar-refractivity contribution in [3.63, 3.8) is 0 Å². The lowest BCUT2D eigenvalue weighted by atomic mass is 10.2. The number of esters is 1. The molecule has 0 aliphatic carbocycles. The van der Waals surface area contributed by atoms with Crippen LogP contribution in [-0.4, -0.2) is 35.6 Å². The second kappa shape index (κ2) is 4.02. The van der Waals surface area contributed by atoms with Gasteiger partial charge in [0.25, 0.3) is 0 Å². The summed E-state index contributed by atoms with van der Waals surface area (Å²) in [7, 11) is 1.68. The molecule has 5 nitrogen and oxygen atoms in total. The number of nitrogens with zero attached hydrogens (tertiary/aromatic N) is 2. The quantitative estimate of drug-likeness (QED) is 0.687. The number of hydrogen-bond donors (Lipinski definition) is 0. The van der Waals surface area contributed by atoms with Gasteiger partial charge in [-0.2, -0.15) is 5.10 Å². The minimum atomic E-state index is -0.353. The zero-order chi connectivity index (χ0) is 10.8. The van der Waals surface area contributed by atoms with E-state index in [2.05, 4.69) is 5.10 Å². The average Bonchev–Trinajstić information content (AvgIpc) is 2.74. The first kappa shape index (κ1) is 10.2. The van der Waals surface area contributed by atoms with Crippen molar-refractivity contribution < 1.29 is 14.3 Å². The second-order valence-electron chi connectivity index (χ2n) is 3.49. The smallest absolute Gasteiger partial charge is 0.358 e. The number of ether oxygens (including phenoxy) is 2. The molecule has 82 valence electrons. The van der Waals surface area contributed by atoms with Crippen molar-refractivity contribution in [2.45, 2.75) is 26.0 Å². The van der Waals surface area contributed by atoms with E-state index < -0.39 is 0 Å². The third-order valence-electron chi connectivity index (χ3n) is 2.49. The minimum absolute atomic E-state index is 0.184. The first-order valence-corrected chi connectivity index (χ1v) is 5.01. The molecule has 0 amide bonds. The minimum Gasteiger partial charge on any atom is -0.461 e. The topological polar surface area (TPSA) is 53.4 Å². The molecule has 1 aromatic heterocycles. The Hall–Kier alpha value is -1.36. The lowest BCUT2D eigenvalue weighted by Gasteiger charge is -2.04. The zero-order valence-corrected chi connectivity index (χ0v) is 8.90. The number of methoxy groups -OCH3 is 1. The molecule has 0 spiro atoms. The van der Waals surface area contributed by atoms with Gasteiger partial charge in [-0.1, -0.05) is 0 Å². The van der Waals surface area contributed by atoms with Crippen molar-refractivity contribution in [2.24, 2.45) is 0 Å². The standard InChI is InChI=1S/C10H14N2O3/c1-3-15-10(13)9-5-7-4-8(14-2)6-12(7)11-9/h5,8H,3-4,6H2,1-2H3/t8-/m1/s1. The van der Waals surface area contributed by atoms with E-state index in [1.54, 1.807) is 24.8 Å². The SMILES string of the molecule is CCOC(=O)c1cc2n(n1)C[C@H](OC)C2. The highest BCUT2D eigenvalue weighted by molar-refractivity contribution is 5.87. The maximum atomic E-state index is 11.4. The summed E-state index contributed by atoms with van der Waals surface area (Å²) in [6, 6.07) is 1.77. The molecule has 1 atom stereocenters. The van der Waals surface area contributed by atoms with E-state index in [4.69, 9.17) is 9.47 Å². The Balaban J connectivity index is 2.11. The Kier molecular flexibility index (Phi) is 2.73. The molecule has 1 aromatic rings. The maximum absolute atomic E-state index is 11.4. The summed E-state index contributed by atoms with van der Waals surface area (Å²) in [5.74, 6) is -0.353. The molecule has 0 saturated heterocycles. The number of carbonyl (C=O) groups excluding carboxylic acids is 1. The van der Waals surface area contributed by atoms with Gasteiger partial charge in [0.15, 0.2) is 5.69 Å². The van der Waals surface area contributed by atoms with Gasteiger partial charge in [-0.15, -0.1) is 0 Å². The molecule has 5 heteroatoms. The number of hydrogen-bond acceptors (Lipinski definition) is 4. The Morgan fingerprint density at radius 2 is 2.53 bits per heavy atom. The fourth-order valence-electron chi connectivity index (χ4n) is 1.73. The van der Waals surface area contributed by atoms with Crippen LogP contribution in [0, 0.1) is 0 Å². The highest BCUT2D eigenvalue weighted by atomic mass is 16.5. The van der Waals surface area contributed by atoms with E-state index in [0.29, 0.717) is 18.8 Å². The van der Waals surface area contributed by atoms with Crippen LogP contribution >= 0.6 is 0 Å². The summed E-state index contributed by atoms with van der Waals surface area (Å²) in [4.78, 5) is 11.4. The van der Waals surface area contributed by atoms with E-state index in [9.17, 15) is 4.79 Å². The number of aromatic nitrogens is 2. The molecule has 2 rings (SSSR count). The summed E-state index contributed by atoms with van der Waals surface area (Å²) in [6.07, 6.45) is 0.992. The largest absolute Gasteiger partial charge is 0.461 e.